The van der Waals surface area contributed by atoms with Crippen LogP contribution in [0, 0.1) is 0 Å². The molecule has 0 amide bonds. The van der Waals surface area contributed by atoms with Crippen LogP contribution in [0.5, 0.6) is 0 Å². The second-order valence-electron chi connectivity index (χ2n) is 6.32. The van der Waals surface area contributed by atoms with Crippen molar-refractivity contribution in [3.05, 3.63) is 29.1 Å². The van der Waals surface area contributed by atoms with Gasteiger partial charge in [0.2, 0.25) is 10.0 Å². The first-order valence-electron chi connectivity index (χ1n) is 8.28. The van der Waals surface area contributed by atoms with E-state index in [2.05, 4.69) is 5.32 Å². The summed E-state index contributed by atoms with van der Waals surface area (Å²) in [6.45, 7) is 6.92. The van der Waals surface area contributed by atoms with Crippen LogP contribution in [-0.2, 0) is 14.8 Å². The second kappa shape index (κ2) is 8.22. The van der Waals surface area contributed by atoms with Crippen LogP contribution in [0.3, 0.4) is 0 Å². The third-order valence-electron chi connectivity index (χ3n) is 4.13. The van der Waals surface area contributed by atoms with Gasteiger partial charge in [-0.25, -0.2) is 13.2 Å². The maximum atomic E-state index is 13.0. The van der Waals surface area contributed by atoms with E-state index in [4.69, 9.17) is 4.74 Å². The lowest BCUT2D eigenvalue weighted by Gasteiger charge is -2.35. The lowest BCUT2D eigenvalue weighted by atomic mass is 10.2. The van der Waals surface area contributed by atoms with Gasteiger partial charge in [-0.3, -0.25) is 0 Å². The number of rotatable bonds is 4. The van der Waals surface area contributed by atoms with Crippen LogP contribution in [0.4, 0.5) is 0 Å². The summed E-state index contributed by atoms with van der Waals surface area (Å²) in [6, 6.07) is 6.92. The molecule has 1 N–H and O–H groups in total. The van der Waals surface area contributed by atoms with Crippen molar-refractivity contribution >= 4 is 49.8 Å². The smallest absolute Gasteiger partial charge is 0.348 e. The monoisotopic (exact) mass is 418 g/mol. The van der Waals surface area contributed by atoms with Crippen molar-refractivity contribution in [2.24, 2.45) is 0 Å². The zero-order valence-electron chi connectivity index (χ0n) is 14.9. The van der Waals surface area contributed by atoms with Gasteiger partial charge < -0.3 is 10.1 Å². The standard InChI is InChI=1S/C17H22N2O4S2.ClH/c1-4-23-17(20)16-8-13-7-14(5-6-15(13)24-16)25(21,22)19-9-11(2)18-12(3)10-19;/h5-8,11-12,18H,4,9-10H2,1-3H3;1H. The third kappa shape index (κ3) is 4.20. The summed E-state index contributed by atoms with van der Waals surface area (Å²) in [4.78, 5) is 12.6. The minimum Gasteiger partial charge on any atom is -0.462 e. The number of fused-ring (bicyclic) bond motifs is 1. The van der Waals surface area contributed by atoms with E-state index < -0.39 is 10.0 Å². The van der Waals surface area contributed by atoms with Crippen molar-refractivity contribution in [2.75, 3.05) is 19.7 Å². The van der Waals surface area contributed by atoms with Gasteiger partial charge in [-0.15, -0.1) is 23.7 Å². The largest absolute Gasteiger partial charge is 0.462 e. The quantitative estimate of drug-likeness (QED) is 0.772. The molecule has 1 fully saturated rings. The lowest BCUT2D eigenvalue weighted by Crippen LogP contribution is -2.55. The van der Waals surface area contributed by atoms with E-state index in [0.717, 1.165) is 10.1 Å². The number of esters is 1. The third-order valence-corrected chi connectivity index (χ3v) is 7.05. The van der Waals surface area contributed by atoms with Crippen molar-refractivity contribution in [3.63, 3.8) is 0 Å². The highest BCUT2D eigenvalue weighted by molar-refractivity contribution is 7.89. The van der Waals surface area contributed by atoms with Crippen LogP contribution < -0.4 is 5.32 Å². The Morgan fingerprint density at radius 2 is 1.92 bits per heavy atom. The van der Waals surface area contributed by atoms with E-state index in [1.807, 2.05) is 13.8 Å². The van der Waals surface area contributed by atoms with E-state index in [0.29, 0.717) is 24.6 Å². The molecule has 1 aromatic carbocycles. The molecule has 144 valence electrons. The molecular formula is C17H23ClN2O4S2. The number of nitrogens with one attached hydrogen (secondary N) is 1. The molecule has 2 heterocycles. The van der Waals surface area contributed by atoms with Crippen molar-refractivity contribution in [1.82, 2.24) is 9.62 Å². The van der Waals surface area contributed by atoms with E-state index in [1.165, 1.54) is 15.6 Å². The number of carbonyl (C=O) groups excluding carboxylic acids is 1. The summed E-state index contributed by atoms with van der Waals surface area (Å²) in [7, 11) is -3.56. The number of ether oxygens (including phenoxy) is 1. The number of halogens is 1. The molecule has 1 saturated heterocycles. The van der Waals surface area contributed by atoms with Crippen LogP contribution in [0.2, 0.25) is 0 Å². The fraction of sp³-hybridized carbons (Fsp3) is 0.471. The molecule has 0 bridgehead atoms. The maximum Gasteiger partial charge on any atom is 0.348 e. The fourth-order valence-corrected chi connectivity index (χ4v) is 5.70. The second-order valence-corrected chi connectivity index (χ2v) is 9.34. The average Bonchev–Trinajstić information content (AvgIpc) is 2.97. The molecule has 6 nitrogen and oxygen atoms in total. The number of hydrogen-bond acceptors (Lipinski definition) is 6. The van der Waals surface area contributed by atoms with Gasteiger partial charge in [0.25, 0.3) is 0 Å². The Morgan fingerprint density at radius 3 is 2.54 bits per heavy atom. The van der Waals surface area contributed by atoms with Gasteiger partial charge in [-0.1, -0.05) is 0 Å². The summed E-state index contributed by atoms with van der Waals surface area (Å²) in [5, 5.41) is 4.08. The predicted octanol–water partition coefficient (Wildman–Crippen LogP) is 2.87. The number of sulfonamides is 1. The number of carbonyl (C=O) groups is 1. The molecule has 0 radical (unpaired) electrons. The molecule has 2 atom stereocenters. The van der Waals surface area contributed by atoms with E-state index in [9.17, 15) is 13.2 Å². The van der Waals surface area contributed by atoms with Crippen molar-refractivity contribution in [2.45, 2.75) is 37.8 Å². The zero-order chi connectivity index (χ0) is 18.2. The van der Waals surface area contributed by atoms with Crippen LogP contribution in [0.25, 0.3) is 10.1 Å². The highest BCUT2D eigenvalue weighted by Crippen LogP contribution is 2.30. The van der Waals surface area contributed by atoms with Gasteiger partial charge in [0.1, 0.15) is 4.88 Å². The number of piperazine rings is 1. The van der Waals surface area contributed by atoms with Gasteiger partial charge in [0.05, 0.1) is 11.5 Å². The molecule has 26 heavy (non-hydrogen) atoms. The Balaban J connectivity index is 0.00000243. The Bertz CT molecular complexity index is 887. The highest BCUT2D eigenvalue weighted by atomic mass is 35.5. The number of benzene rings is 1. The summed E-state index contributed by atoms with van der Waals surface area (Å²) in [5.74, 6) is -0.377. The topological polar surface area (TPSA) is 75.7 Å². The zero-order valence-corrected chi connectivity index (χ0v) is 17.3. The first kappa shape index (κ1) is 21.1. The fourth-order valence-electron chi connectivity index (χ4n) is 3.11. The summed E-state index contributed by atoms with van der Waals surface area (Å²) in [5.41, 5.74) is 0. The number of nitrogens with zero attached hydrogens (tertiary/aromatic N) is 1. The Hall–Kier alpha value is -1.19. The first-order valence-corrected chi connectivity index (χ1v) is 10.5. The van der Waals surface area contributed by atoms with Crippen LogP contribution >= 0.6 is 23.7 Å². The molecule has 2 aromatic rings. The molecule has 0 aliphatic carbocycles. The van der Waals surface area contributed by atoms with Crippen LogP contribution in [0.15, 0.2) is 29.2 Å². The Morgan fingerprint density at radius 1 is 1.27 bits per heavy atom. The highest BCUT2D eigenvalue weighted by Gasteiger charge is 2.31. The van der Waals surface area contributed by atoms with Gasteiger partial charge in [-0.05, 0) is 50.4 Å². The maximum absolute atomic E-state index is 13.0. The Kier molecular flexibility index (Phi) is 6.68. The van der Waals surface area contributed by atoms with Gasteiger partial charge in [0.15, 0.2) is 0 Å². The molecule has 9 heteroatoms. The summed E-state index contributed by atoms with van der Waals surface area (Å²) < 4.78 is 33.4. The summed E-state index contributed by atoms with van der Waals surface area (Å²) in [6.07, 6.45) is 0. The van der Waals surface area contributed by atoms with Crippen molar-refractivity contribution in [3.8, 4) is 0 Å². The molecular weight excluding hydrogens is 396 g/mol. The van der Waals surface area contributed by atoms with Crippen molar-refractivity contribution in [1.29, 1.82) is 0 Å². The summed E-state index contributed by atoms with van der Waals surface area (Å²) >= 11 is 1.31. The molecule has 1 aliphatic heterocycles. The van der Waals surface area contributed by atoms with Gasteiger partial charge in [0, 0.05) is 29.9 Å². The molecule has 1 aliphatic rings. The molecule has 0 spiro atoms. The van der Waals surface area contributed by atoms with E-state index >= 15 is 0 Å². The van der Waals surface area contributed by atoms with Crippen molar-refractivity contribution < 1.29 is 17.9 Å². The first-order chi connectivity index (χ1) is 11.8. The number of hydrogen-bond donors (Lipinski definition) is 1. The average molecular weight is 419 g/mol. The number of thiophene rings is 1. The molecule has 0 saturated carbocycles. The van der Waals surface area contributed by atoms with E-state index in [-0.39, 0.29) is 35.4 Å². The minimum atomic E-state index is -3.56. The normalized spacial score (nSPS) is 21.3. The minimum absolute atomic E-state index is 0. The van der Waals surface area contributed by atoms with Gasteiger partial charge in [-0.2, -0.15) is 4.31 Å². The SMILES string of the molecule is CCOC(=O)c1cc2cc(S(=O)(=O)N3CC(C)NC(C)C3)ccc2s1.Cl. The predicted molar refractivity (Wildman–Crippen MR) is 106 cm³/mol. The lowest BCUT2D eigenvalue weighted by molar-refractivity contribution is 0.0532. The van der Waals surface area contributed by atoms with Crippen LogP contribution in [-0.4, -0.2) is 50.5 Å². The van der Waals surface area contributed by atoms with E-state index in [1.54, 1.807) is 31.2 Å². The molecule has 1 aromatic heterocycles. The molecule has 3 rings (SSSR count). The Labute approximate surface area is 164 Å². The van der Waals surface area contributed by atoms with Gasteiger partial charge >= 0.3 is 5.97 Å². The molecule has 2 unspecified atom stereocenters. The van der Waals surface area contributed by atoms with Crippen LogP contribution in [0.1, 0.15) is 30.4 Å².